The van der Waals surface area contributed by atoms with Crippen LogP contribution in [0.3, 0.4) is 0 Å². The molecular formula is C10H9ClOS2. The highest BCUT2D eigenvalue weighted by atomic mass is 35.5. The summed E-state index contributed by atoms with van der Waals surface area (Å²) in [6.07, 6.45) is 0. The molecule has 0 radical (unpaired) electrons. The number of hydrogen-bond acceptors (Lipinski definition) is 3. The van der Waals surface area contributed by atoms with Gasteiger partial charge >= 0.3 is 0 Å². The van der Waals surface area contributed by atoms with Crippen LogP contribution in [-0.4, -0.2) is 11.7 Å². The molecule has 74 valence electrons. The lowest BCUT2D eigenvalue weighted by Gasteiger charge is -2.08. The molecule has 1 aliphatic rings. The summed E-state index contributed by atoms with van der Waals surface area (Å²) < 4.78 is 0.370. The van der Waals surface area contributed by atoms with Crippen LogP contribution >= 0.6 is 35.1 Å². The Balaban J connectivity index is 2.08. The van der Waals surface area contributed by atoms with Crippen LogP contribution in [0.4, 0.5) is 0 Å². The third-order valence-electron chi connectivity index (χ3n) is 1.88. The number of aliphatic hydroxyl groups is 1. The van der Waals surface area contributed by atoms with Gasteiger partial charge in [-0.15, -0.1) is 23.5 Å². The lowest BCUT2D eigenvalue weighted by atomic mass is 10.2. The van der Waals surface area contributed by atoms with Crippen LogP contribution in [-0.2, 0) is 0 Å². The van der Waals surface area contributed by atoms with Crippen molar-refractivity contribution in [2.45, 2.75) is 4.58 Å². The number of aliphatic hydroxyl groups excluding tert-OH is 1. The molecule has 2 rings (SSSR count). The molecule has 1 unspecified atom stereocenters. The lowest BCUT2D eigenvalue weighted by Crippen LogP contribution is -1.86. The summed E-state index contributed by atoms with van der Waals surface area (Å²) in [6, 6.07) is 7.85. The minimum Gasteiger partial charge on any atom is -0.391 e. The maximum absolute atomic E-state index is 8.95. The van der Waals surface area contributed by atoms with Gasteiger partial charge in [0.05, 0.1) is 11.2 Å². The molecule has 1 heterocycles. The fraction of sp³-hybridized carbons (Fsp3) is 0.200. The maximum atomic E-state index is 8.95. The summed E-state index contributed by atoms with van der Waals surface area (Å²) in [5.74, 6) is 0. The first-order valence-electron chi connectivity index (χ1n) is 4.17. The first-order chi connectivity index (χ1) is 6.79. The van der Waals surface area contributed by atoms with E-state index in [-0.39, 0.29) is 6.61 Å². The molecule has 0 bridgehead atoms. The average Bonchev–Trinajstić information content (AvgIpc) is 2.67. The number of thioether (sulfide) groups is 2. The van der Waals surface area contributed by atoms with Gasteiger partial charge in [0.15, 0.2) is 0 Å². The molecule has 1 aliphatic heterocycles. The Morgan fingerprint density at radius 2 is 2.00 bits per heavy atom. The van der Waals surface area contributed by atoms with Gasteiger partial charge in [-0.05, 0) is 23.1 Å². The molecule has 1 nitrogen and oxygen atoms in total. The highest BCUT2D eigenvalue weighted by molar-refractivity contribution is 8.22. The van der Waals surface area contributed by atoms with Crippen LogP contribution in [0.5, 0.6) is 0 Å². The third-order valence-corrected chi connectivity index (χ3v) is 4.88. The molecule has 1 N–H and O–H groups in total. The number of benzene rings is 1. The van der Waals surface area contributed by atoms with Crippen molar-refractivity contribution in [1.82, 2.24) is 0 Å². The van der Waals surface area contributed by atoms with Gasteiger partial charge < -0.3 is 5.11 Å². The Morgan fingerprint density at radius 3 is 2.57 bits per heavy atom. The predicted molar refractivity (Wildman–Crippen MR) is 64.5 cm³/mol. The monoisotopic (exact) mass is 244 g/mol. The van der Waals surface area contributed by atoms with Crippen molar-refractivity contribution in [3.05, 3.63) is 45.2 Å². The van der Waals surface area contributed by atoms with Crippen LogP contribution in [0.2, 0.25) is 5.02 Å². The normalized spacial score (nSPS) is 21.0. The van der Waals surface area contributed by atoms with Crippen molar-refractivity contribution in [1.29, 1.82) is 0 Å². The summed E-state index contributed by atoms with van der Waals surface area (Å²) in [5, 5.41) is 11.7. The molecular weight excluding hydrogens is 236 g/mol. The molecule has 14 heavy (non-hydrogen) atoms. The number of rotatable bonds is 2. The van der Waals surface area contributed by atoms with Crippen LogP contribution in [0.25, 0.3) is 0 Å². The highest BCUT2D eigenvalue weighted by Crippen LogP contribution is 2.50. The van der Waals surface area contributed by atoms with Gasteiger partial charge in [-0.2, -0.15) is 0 Å². The van der Waals surface area contributed by atoms with Crippen LogP contribution < -0.4 is 0 Å². The van der Waals surface area contributed by atoms with Gasteiger partial charge in [-0.1, -0.05) is 23.7 Å². The molecule has 0 saturated carbocycles. The first-order valence-corrected chi connectivity index (χ1v) is 6.37. The van der Waals surface area contributed by atoms with Gasteiger partial charge in [-0.3, -0.25) is 0 Å². The summed E-state index contributed by atoms with van der Waals surface area (Å²) >= 11 is 9.24. The zero-order valence-corrected chi connectivity index (χ0v) is 9.70. The summed E-state index contributed by atoms with van der Waals surface area (Å²) in [6.45, 7) is 0.141. The fourth-order valence-electron chi connectivity index (χ4n) is 1.17. The SMILES string of the molecule is OCC1=CSC(c2ccc(Cl)cc2)S1. The Labute approximate surface area is 96.5 Å². The second-order valence-electron chi connectivity index (χ2n) is 2.88. The molecule has 1 atom stereocenters. The molecule has 0 spiro atoms. The zero-order valence-electron chi connectivity index (χ0n) is 7.31. The van der Waals surface area contributed by atoms with E-state index in [4.69, 9.17) is 16.7 Å². The van der Waals surface area contributed by atoms with E-state index in [9.17, 15) is 0 Å². The average molecular weight is 245 g/mol. The standard InChI is InChI=1S/C10H9ClOS2/c11-8-3-1-7(2-4-8)10-13-6-9(5-12)14-10/h1-4,6,10,12H,5H2. The van der Waals surface area contributed by atoms with Crippen molar-refractivity contribution < 1.29 is 5.11 Å². The maximum Gasteiger partial charge on any atom is 0.0837 e. The van der Waals surface area contributed by atoms with Crippen molar-refractivity contribution in [2.24, 2.45) is 0 Å². The lowest BCUT2D eigenvalue weighted by molar-refractivity contribution is 0.340. The first kappa shape index (κ1) is 10.4. The minimum absolute atomic E-state index is 0.141. The minimum atomic E-state index is 0.141. The smallest absolute Gasteiger partial charge is 0.0837 e. The summed E-state index contributed by atoms with van der Waals surface area (Å²) in [7, 11) is 0. The van der Waals surface area contributed by atoms with Crippen LogP contribution in [0.1, 0.15) is 10.1 Å². The van der Waals surface area contributed by atoms with Gasteiger partial charge in [0, 0.05) is 9.93 Å². The Kier molecular flexibility index (Phi) is 3.44. The van der Waals surface area contributed by atoms with E-state index < -0.39 is 0 Å². The third kappa shape index (κ3) is 2.28. The van der Waals surface area contributed by atoms with E-state index in [1.165, 1.54) is 5.56 Å². The fourth-order valence-corrected chi connectivity index (χ4v) is 3.75. The summed E-state index contributed by atoms with van der Waals surface area (Å²) in [4.78, 5) is 1.04. The van der Waals surface area contributed by atoms with Crippen LogP contribution in [0, 0.1) is 0 Å². The molecule has 1 aromatic carbocycles. The molecule has 1 aromatic rings. The van der Waals surface area contributed by atoms with E-state index in [2.05, 4.69) is 0 Å². The van der Waals surface area contributed by atoms with Gasteiger partial charge in [0.1, 0.15) is 0 Å². The van der Waals surface area contributed by atoms with Gasteiger partial charge in [0.2, 0.25) is 0 Å². The van der Waals surface area contributed by atoms with E-state index in [0.717, 1.165) is 9.93 Å². The predicted octanol–water partition coefficient (Wildman–Crippen LogP) is 3.65. The number of halogens is 1. The largest absolute Gasteiger partial charge is 0.391 e. The second kappa shape index (κ2) is 4.62. The van der Waals surface area contributed by atoms with E-state index in [1.54, 1.807) is 23.5 Å². The topological polar surface area (TPSA) is 20.2 Å². The van der Waals surface area contributed by atoms with Crippen molar-refractivity contribution in [2.75, 3.05) is 6.61 Å². The number of hydrogen-bond donors (Lipinski definition) is 1. The van der Waals surface area contributed by atoms with Crippen LogP contribution in [0.15, 0.2) is 34.6 Å². The Bertz CT molecular complexity index is 348. The van der Waals surface area contributed by atoms with Gasteiger partial charge in [-0.25, -0.2) is 0 Å². The molecule has 4 heteroatoms. The molecule has 0 aliphatic carbocycles. The zero-order chi connectivity index (χ0) is 9.97. The van der Waals surface area contributed by atoms with E-state index in [0.29, 0.717) is 4.58 Å². The molecule has 0 fully saturated rings. The Hall–Kier alpha value is -0.0900. The second-order valence-corrected chi connectivity index (χ2v) is 5.83. The molecule has 0 aromatic heterocycles. The van der Waals surface area contributed by atoms with Crippen molar-refractivity contribution in [3.8, 4) is 0 Å². The van der Waals surface area contributed by atoms with E-state index in [1.807, 2.05) is 29.7 Å². The van der Waals surface area contributed by atoms with Gasteiger partial charge in [0.25, 0.3) is 0 Å². The Morgan fingerprint density at radius 1 is 1.29 bits per heavy atom. The van der Waals surface area contributed by atoms with Crippen molar-refractivity contribution >= 4 is 35.1 Å². The van der Waals surface area contributed by atoms with E-state index >= 15 is 0 Å². The highest BCUT2D eigenvalue weighted by Gasteiger charge is 2.19. The summed E-state index contributed by atoms with van der Waals surface area (Å²) in [5.41, 5.74) is 1.24. The molecule has 0 amide bonds. The molecule has 0 saturated heterocycles. The van der Waals surface area contributed by atoms with Crippen molar-refractivity contribution in [3.63, 3.8) is 0 Å². The quantitative estimate of drug-likeness (QED) is 0.858.